The van der Waals surface area contributed by atoms with E-state index in [2.05, 4.69) is 0 Å². The first-order valence-electron chi connectivity index (χ1n) is 3.66. The van der Waals surface area contributed by atoms with Crippen LogP contribution in [0.3, 0.4) is 0 Å². The van der Waals surface area contributed by atoms with Crippen LogP contribution >= 0.6 is 0 Å². The Hall–Kier alpha value is -0.490. The number of hydrogen-bond acceptors (Lipinski definition) is 5. The molecular formula is C6H12O5. The third-order valence-corrected chi connectivity index (χ3v) is 1.29. The van der Waals surface area contributed by atoms with Crippen molar-refractivity contribution in [2.75, 3.05) is 6.61 Å². The monoisotopic (exact) mass is 165 g/mol. The lowest BCUT2D eigenvalue weighted by molar-refractivity contribution is -0.147. The third-order valence-electron chi connectivity index (χ3n) is 1.29. The quantitative estimate of drug-likeness (QED) is 0.350. The molecule has 0 amide bonds. The first-order chi connectivity index (χ1) is 5.51. The van der Waals surface area contributed by atoms with Gasteiger partial charge in [0.1, 0.15) is 17.8 Å². The summed E-state index contributed by atoms with van der Waals surface area (Å²) in [6, 6.07) is 0. The van der Waals surface area contributed by atoms with E-state index in [9.17, 15) is 9.90 Å². The molecule has 4 N–H and O–H groups in total. The molecule has 5 heteroatoms. The zero-order valence-electron chi connectivity index (χ0n) is 6.84. The van der Waals surface area contributed by atoms with Crippen molar-refractivity contribution in [3.63, 3.8) is 0 Å². The van der Waals surface area contributed by atoms with Gasteiger partial charge in [0.15, 0.2) is 6.29 Å². The van der Waals surface area contributed by atoms with Gasteiger partial charge in [0.2, 0.25) is 0 Å². The Labute approximate surface area is 65.3 Å². The van der Waals surface area contributed by atoms with Crippen molar-refractivity contribution in [3.8, 4) is 0 Å². The normalized spacial score (nSPS) is 23.1. The van der Waals surface area contributed by atoms with Gasteiger partial charge in [-0.05, 0) is 6.90 Å². The van der Waals surface area contributed by atoms with E-state index in [4.69, 9.17) is 16.7 Å². The van der Waals surface area contributed by atoms with Crippen LogP contribution < -0.4 is 0 Å². The van der Waals surface area contributed by atoms with Crippen molar-refractivity contribution in [1.82, 2.24) is 0 Å². The first kappa shape index (κ1) is 8.61. The molecule has 0 aliphatic carbocycles. The number of aliphatic hydroxyl groups is 4. The minimum atomic E-state index is -2.14. The molecule has 5 nitrogen and oxygen atoms in total. The first-order valence-corrected chi connectivity index (χ1v) is 2.95. The summed E-state index contributed by atoms with van der Waals surface area (Å²) in [4.78, 5) is 9.96. The van der Waals surface area contributed by atoms with Gasteiger partial charge in [-0.15, -0.1) is 0 Å². The highest BCUT2D eigenvalue weighted by Crippen LogP contribution is 2.11. The van der Waals surface area contributed by atoms with Crippen molar-refractivity contribution >= 4 is 6.29 Å². The van der Waals surface area contributed by atoms with Crippen molar-refractivity contribution in [3.05, 3.63) is 0 Å². The minimum Gasteiger partial charge on any atom is -0.393 e. The number of carbonyl (C=O) groups is 1. The maximum atomic E-state index is 9.96. The Morgan fingerprint density at radius 3 is 2.55 bits per heavy atom. The standard InChI is InChI=1S/C6H12O5/c1-6(11,3-8)5(10)4(9)2-7/h2,4-5,8-11H,3H2,1H3/t4-,5-,6+/m0/s1/i1D. The Morgan fingerprint density at radius 1 is 1.73 bits per heavy atom. The molecule has 11 heavy (non-hydrogen) atoms. The summed E-state index contributed by atoms with van der Waals surface area (Å²) in [7, 11) is 0. The number of aldehydes is 1. The molecule has 3 atom stereocenters. The molecule has 0 aromatic rings. The fourth-order valence-corrected chi connectivity index (χ4v) is 0.486. The Morgan fingerprint density at radius 2 is 2.27 bits per heavy atom. The summed E-state index contributed by atoms with van der Waals surface area (Å²) in [5.41, 5.74) is -2.14. The molecule has 0 fully saturated rings. The minimum absolute atomic E-state index is 0.0287. The van der Waals surface area contributed by atoms with E-state index in [0.717, 1.165) is 0 Å². The number of aliphatic hydroxyl groups excluding tert-OH is 3. The van der Waals surface area contributed by atoms with Gasteiger partial charge < -0.3 is 25.2 Å². The molecule has 0 saturated heterocycles. The molecule has 0 saturated carbocycles. The zero-order chi connectivity index (χ0) is 9.78. The van der Waals surface area contributed by atoms with Crippen molar-refractivity contribution in [2.45, 2.75) is 24.7 Å². The maximum Gasteiger partial charge on any atom is 0.151 e. The van der Waals surface area contributed by atoms with Crippen LogP contribution in [0.1, 0.15) is 8.27 Å². The molecule has 0 heterocycles. The van der Waals surface area contributed by atoms with Gasteiger partial charge >= 0.3 is 0 Å². The van der Waals surface area contributed by atoms with Gasteiger partial charge in [0.25, 0.3) is 0 Å². The number of rotatable bonds is 4. The largest absolute Gasteiger partial charge is 0.393 e. The molecule has 0 aromatic heterocycles. The molecule has 66 valence electrons. The third kappa shape index (κ3) is 2.55. The predicted octanol–water partition coefficient (Wildman–Crippen LogP) is -2.35. The molecule has 0 unspecified atom stereocenters. The van der Waals surface area contributed by atoms with Gasteiger partial charge in [-0.25, -0.2) is 0 Å². The van der Waals surface area contributed by atoms with E-state index in [1.54, 1.807) is 0 Å². The molecule has 0 radical (unpaired) electrons. The summed E-state index contributed by atoms with van der Waals surface area (Å²) < 4.78 is 6.76. The van der Waals surface area contributed by atoms with Crippen molar-refractivity contribution in [1.29, 1.82) is 0 Å². The fraction of sp³-hybridized carbons (Fsp3) is 0.833. The second kappa shape index (κ2) is 3.77. The maximum absolute atomic E-state index is 9.96. The van der Waals surface area contributed by atoms with E-state index in [0.29, 0.717) is 0 Å². The lowest BCUT2D eigenvalue weighted by atomic mass is 9.96. The molecule has 0 aliphatic rings. The van der Waals surface area contributed by atoms with Gasteiger partial charge in [0.05, 0.1) is 6.61 Å². The van der Waals surface area contributed by atoms with Crippen LogP contribution in [0.25, 0.3) is 0 Å². The average Bonchev–Trinajstić information content (AvgIpc) is 2.14. The smallest absolute Gasteiger partial charge is 0.151 e. The second-order valence-corrected chi connectivity index (χ2v) is 2.33. The van der Waals surface area contributed by atoms with E-state index in [1.807, 2.05) is 0 Å². The highest BCUT2D eigenvalue weighted by Gasteiger charge is 2.34. The second-order valence-electron chi connectivity index (χ2n) is 2.33. The van der Waals surface area contributed by atoms with Gasteiger partial charge in [-0.3, -0.25) is 0 Å². The summed E-state index contributed by atoms with van der Waals surface area (Å²) >= 11 is 0. The predicted molar refractivity (Wildman–Crippen MR) is 35.8 cm³/mol. The van der Waals surface area contributed by atoms with Crippen LogP contribution in [0.4, 0.5) is 0 Å². The molecular weight excluding hydrogens is 152 g/mol. The van der Waals surface area contributed by atoms with Gasteiger partial charge in [-0.2, -0.15) is 0 Å². The molecule has 0 aromatic carbocycles. The SMILES string of the molecule is [2H]C[C@@](O)(CO)[C@@H](O)[C@@H](O)C=O. The molecule has 0 rings (SSSR count). The van der Waals surface area contributed by atoms with Crippen LogP contribution in [0, 0.1) is 0 Å². The van der Waals surface area contributed by atoms with Crippen LogP contribution in [-0.4, -0.2) is 51.1 Å². The Balaban J connectivity index is 4.39. The summed E-state index contributed by atoms with van der Waals surface area (Å²) in [5.74, 6) is 0. The highest BCUT2D eigenvalue weighted by atomic mass is 16.4. The van der Waals surface area contributed by atoms with E-state index in [-0.39, 0.29) is 6.29 Å². The summed E-state index contributed by atoms with van der Waals surface area (Å²) in [6.45, 7) is -1.59. The van der Waals surface area contributed by atoms with Crippen LogP contribution in [0.5, 0.6) is 0 Å². The summed E-state index contributed by atoms with van der Waals surface area (Å²) in [6.07, 6.45) is -3.59. The van der Waals surface area contributed by atoms with Crippen LogP contribution in [0.15, 0.2) is 0 Å². The van der Waals surface area contributed by atoms with Gasteiger partial charge in [0, 0.05) is 1.37 Å². The lowest BCUT2D eigenvalue weighted by Crippen LogP contribution is -2.50. The molecule has 0 bridgehead atoms. The Kier molecular flexibility index (Phi) is 2.95. The van der Waals surface area contributed by atoms with E-state index < -0.39 is 31.3 Å². The molecule has 0 spiro atoms. The number of hydrogen-bond donors (Lipinski definition) is 4. The van der Waals surface area contributed by atoms with Crippen molar-refractivity contribution < 1.29 is 26.6 Å². The average molecular weight is 165 g/mol. The van der Waals surface area contributed by atoms with Gasteiger partial charge in [-0.1, -0.05) is 0 Å². The van der Waals surface area contributed by atoms with Crippen LogP contribution in [-0.2, 0) is 4.79 Å². The zero-order valence-corrected chi connectivity index (χ0v) is 5.84. The highest BCUT2D eigenvalue weighted by molar-refractivity contribution is 5.56. The fourth-order valence-electron chi connectivity index (χ4n) is 0.486. The molecule has 0 aliphatic heterocycles. The van der Waals surface area contributed by atoms with E-state index in [1.165, 1.54) is 0 Å². The summed E-state index contributed by atoms with van der Waals surface area (Å²) in [5, 5.41) is 35.5. The van der Waals surface area contributed by atoms with Crippen molar-refractivity contribution in [2.24, 2.45) is 0 Å². The topological polar surface area (TPSA) is 98.0 Å². The van der Waals surface area contributed by atoms with Crippen LogP contribution in [0.2, 0.25) is 0 Å². The number of carbonyl (C=O) groups excluding carboxylic acids is 1. The lowest BCUT2D eigenvalue weighted by Gasteiger charge is -2.27. The van der Waals surface area contributed by atoms with E-state index >= 15 is 0 Å². The Bertz CT molecular complexity index is 147.